The van der Waals surface area contributed by atoms with Gasteiger partial charge >= 0.3 is 5.97 Å². The summed E-state index contributed by atoms with van der Waals surface area (Å²) in [6.45, 7) is 6.47. The molecule has 0 saturated carbocycles. The van der Waals surface area contributed by atoms with Gasteiger partial charge in [0.25, 0.3) is 5.91 Å². The van der Waals surface area contributed by atoms with Gasteiger partial charge in [-0.2, -0.15) is 0 Å². The molecule has 7 rings (SSSR count). The van der Waals surface area contributed by atoms with E-state index in [2.05, 4.69) is 33.8 Å². The number of nitrogens with one attached hydrogen (secondary N) is 2. The minimum Gasteiger partial charge on any atom is -0.466 e. The molecule has 0 spiro atoms. The molecule has 2 N–H and O–H groups in total. The van der Waals surface area contributed by atoms with E-state index in [1.54, 1.807) is 11.5 Å². The maximum Gasteiger partial charge on any atom is 0.307 e. The number of ether oxygens (including phenoxy) is 3. The van der Waals surface area contributed by atoms with E-state index in [-0.39, 0.29) is 42.0 Å². The Bertz CT molecular complexity index is 1860. The number of carbonyl (C=O) groups is 2. The molecule has 0 bridgehead atoms. The van der Waals surface area contributed by atoms with Crippen molar-refractivity contribution in [3.05, 3.63) is 74.9 Å². The van der Waals surface area contributed by atoms with E-state index < -0.39 is 23.1 Å². The highest BCUT2D eigenvalue weighted by molar-refractivity contribution is 6.01. The van der Waals surface area contributed by atoms with Gasteiger partial charge in [0.2, 0.25) is 5.43 Å². The van der Waals surface area contributed by atoms with E-state index in [0.29, 0.717) is 36.7 Å². The van der Waals surface area contributed by atoms with Crippen molar-refractivity contribution in [1.29, 1.82) is 0 Å². The predicted molar refractivity (Wildman–Crippen MR) is 173 cm³/mol. The first kappa shape index (κ1) is 30.2. The molecule has 3 aromatic rings. The number of hydrogen-bond donors (Lipinski definition) is 2. The number of anilines is 1. The number of amides is 1. The Balaban J connectivity index is 1.27. The van der Waals surface area contributed by atoms with Crippen LogP contribution in [0.3, 0.4) is 0 Å². The SMILES string of the molecule is CCOC(=O)CCNC(=O)c1cn2c3c(c(NCCCN4CCOCC4)c(F)cc3c1=O)Oc1cc3c(cc1-2)C1=C(C=CCC1)C3. The number of morpholine rings is 1. The molecule has 0 unspecified atom stereocenters. The third-order valence-electron chi connectivity index (χ3n) is 9.05. The van der Waals surface area contributed by atoms with Gasteiger partial charge in [0.15, 0.2) is 17.3 Å². The third-order valence-corrected chi connectivity index (χ3v) is 9.05. The molecule has 4 aliphatic rings. The number of nitrogens with zero attached hydrogens (tertiary/aromatic N) is 2. The summed E-state index contributed by atoms with van der Waals surface area (Å²) in [5.74, 6) is -0.990. The lowest BCUT2D eigenvalue weighted by atomic mass is 9.96. The second-order valence-corrected chi connectivity index (χ2v) is 11.9. The molecule has 1 fully saturated rings. The number of allylic oxidation sites excluding steroid dienone is 4. The fraction of sp³-hybridized carbons (Fsp3) is 0.400. The summed E-state index contributed by atoms with van der Waals surface area (Å²) in [6.07, 6.45) is 9.31. The Morgan fingerprint density at radius 1 is 1.13 bits per heavy atom. The zero-order chi connectivity index (χ0) is 31.8. The highest BCUT2D eigenvalue weighted by Crippen LogP contribution is 2.49. The number of rotatable bonds is 10. The van der Waals surface area contributed by atoms with Crippen molar-refractivity contribution < 1.29 is 28.2 Å². The van der Waals surface area contributed by atoms with Crippen molar-refractivity contribution in [2.75, 3.05) is 57.9 Å². The fourth-order valence-electron chi connectivity index (χ4n) is 6.80. The van der Waals surface area contributed by atoms with Gasteiger partial charge in [0, 0.05) is 32.4 Å². The molecule has 240 valence electrons. The first-order valence-electron chi connectivity index (χ1n) is 16.1. The Morgan fingerprint density at radius 3 is 2.80 bits per heavy atom. The van der Waals surface area contributed by atoms with Crippen LogP contribution in [0.1, 0.15) is 54.1 Å². The fourth-order valence-corrected chi connectivity index (χ4v) is 6.80. The molecule has 3 heterocycles. The number of hydrogen-bond acceptors (Lipinski definition) is 8. The quantitative estimate of drug-likeness (QED) is 0.192. The average Bonchev–Trinajstić information content (AvgIpc) is 3.42. The first-order chi connectivity index (χ1) is 22.4. The number of aromatic nitrogens is 1. The standard InChI is InChI=1S/C35H37FN4O6/c1-2-45-30(41)8-10-38-35(43)26-20-40-28-19-24-22(16-21-6-3-4-7-23(21)24)17-29(28)46-34-31(27(36)18-25(32(34)40)33(26)42)37-9-5-11-39-12-14-44-15-13-39/h3,6,17-20,37H,2,4-5,7-16H2,1H3,(H,38,43). The summed E-state index contributed by atoms with van der Waals surface area (Å²) in [5.41, 5.74) is 5.31. The van der Waals surface area contributed by atoms with E-state index in [1.807, 2.05) is 6.07 Å². The molecule has 11 heteroatoms. The van der Waals surface area contributed by atoms with Crippen LogP contribution in [0, 0.1) is 5.82 Å². The van der Waals surface area contributed by atoms with Gasteiger partial charge in [0.1, 0.15) is 16.8 Å². The highest BCUT2D eigenvalue weighted by Gasteiger charge is 2.31. The number of halogens is 1. The van der Waals surface area contributed by atoms with Crippen LogP contribution >= 0.6 is 0 Å². The molecule has 1 amide bonds. The van der Waals surface area contributed by atoms with Crippen LogP contribution in [0.4, 0.5) is 10.1 Å². The normalized spacial score (nSPS) is 16.5. The monoisotopic (exact) mass is 628 g/mol. The number of esters is 1. The molecular formula is C35H37FN4O6. The van der Waals surface area contributed by atoms with Crippen molar-refractivity contribution in [3.63, 3.8) is 0 Å². The maximum absolute atomic E-state index is 15.9. The zero-order valence-corrected chi connectivity index (χ0v) is 25.9. The Morgan fingerprint density at radius 2 is 1.98 bits per heavy atom. The summed E-state index contributed by atoms with van der Waals surface area (Å²) in [7, 11) is 0. The molecular weight excluding hydrogens is 591 g/mol. The van der Waals surface area contributed by atoms with E-state index in [0.717, 1.165) is 56.4 Å². The minimum atomic E-state index is -0.649. The molecule has 1 aromatic heterocycles. The van der Waals surface area contributed by atoms with E-state index in [9.17, 15) is 14.4 Å². The van der Waals surface area contributed by atoms with E-state index >= 15 is 4.39 Å². The van der Waals surface area contributed by atoms with Crippen molar-refractivity contribution in [2.45, 2.75) is 39.0 Å². The largest absolute Gasteiger partial charge is 0.466 e. The van der Waals surface area contributed by atoms with Crippen LogP contribution in [-0.4, -0.2) is 73.9 Å². The van der Waals surface area contributed by atoms with Crippen molar-refractivity contribution in [2.24, 2.45) is 0 Å². The van der Waals surface area contributed by atoms with Gasteiger partial charge in [-0.15, -0.1) is 0 Å². The second-order valence-electron chi connectivity index (χ2n) is 11.9. The van der Waals surface area contributed by atoms with Crippen molar-refractivity contribution in [1.82, 2.24) is 14.8 Å². The number of carbonyl (C=O) groups excluding carboxylic acids is 2. The van der Waals surface area contributed by atoms with Crippen molar-refractivity contribution >= 4 is 34.0 Å². The van der Waals surface area contributed by atoms with Gasteiger partial charge in [-0.25, -0.2) is 4.39 Å². The van der Waals surface area contributed by atoms with Crippen LogP contribution in [0.15, 0.2) is 46.9 Å². The zero-order valence-electron chi connectivity index (χ0n) is 25.9. The van der Waals surface area contributed by atoms with Crippen LogP contribution in [0.5, 0.6) is 11.5 Å². The molecule has 2 aliphatic carbocycles. The van der Waals surface area contributed by atoms with Crippen LogP contribution in [0.2, 0.25) is 0 Å². The summed E-state index contributed by atoms with van der Waals surface area (Å²) in [4.78, 5) is 41.2. The first-order valence-corrected chi connectivity index (χ1v) is 16.1. The summed E-state index contributed by atoms with van der Waals surface area (Å²) in [6, 6.07) is 5.24. The van der Waals surface area contributed by atoms with E-state index in [4.69, 9.17) is 14.2 Å². The van der Waals surface area contributed by atoms with Gasteiger partial charge in [-0.1, -0.05) is 12.2 Å². The van der Waals surface area contributed by atoms with Crippen LogP contribution in [-0.2, 0) is 20.7 Å². The Kier molecular flexibility index (Phi) is 8.35. The Labute approximate surface area is 265 Å². The maximum atomic E-state index is 15.9. The second kappa shape index (κ2) is 12.7. The molecule has 2 aromatic carbocycles. The lowest BCUT2D eigenvalue weighted by Crippen LogP contribution is -2.37. The Hall–Kier alpha value is -4.48. The number of pyridine rings is 1. The molecule has 10 nitrogen and oxygen atoms in total. The average molecular weight is 629 g/mol. The van der Waals surface area contributed by atoms with Crippen LogP contribution in [0.25, 0.3) is 22.2 Å². The molecule has 0 atom stereocenters. The smallest absolute Gasteiger partial charge is 0.307 e. The highest BCUT2D eigenvalue weighted by atomic mass is 19.1. The van der Waals surface area contributed by atoms with Gasteiger partial charge in [-0.3, -0.25) is 19.3 Å². The number of fused-ring (bicyclic) bond motifs is 4. The molecule has 0 radical (unpaired) electrons. The summed E-state index contributed by atoms with van der Waals surface area (Å²) in [5, 5.41) is 5.93. The van der Waals surface area contributed by atoms with E-state index in [1.165, 1.54) is 23.4 Å². The topological polar surface area (TPSA) is 111 Å². The third kappa shape index (κ3) is 5.58. The lowest BCUT2D eigenvalue weighted by Gasteiger charge is -2.28. The summed E-state index contributed by atoms with van der Waals surface area (Å²) >= 11 is 0. The van der Waals surface area contributed by atoms with Crippen LogP contribution < -0.4 is 20.8 Å². The lowest BCUT2D eigenvalue weighted by molar-refractivity contribution is -0.142. The summed E-state index contributed by atoms with van der Waals surface area (Å²) < 4.78 is 34.5. The minimum absolute atomic E-state index is 0.000277. The molecule has 1 saturated heterocycles. The molecule has 2 aliphatic heterocycles. The predicted octanol–water partition coefficient (Wildman–Crippen LogP) is 4.71. The van der Waals surface area contributed by atoms with Gasteiger partial charge in [-0.05, 0) is 79.6 Å². The van der Waals surface area contributed by atoms with Crippen molar-refractivity contribution in [3.8, 4) is 17.2 Å². The van der Waals surface area contributed by atoms with Gasteiger partial charge in [0.05, 0.1) is 37.3 Å². The molecule has 46 heavy (non-hydrogen) atoms. The number of benzene rings is 2. The van der Waals surface area contributed by atoms with Gasteiger partial charge < -0.3 is 29.4 Å².